The highest BCUT2D eigenvalue weighted by Crippen LogP contribution is 2.25. The molecule has 0 aliphatic heterocycles. The molecule has 28 heavy (non-hydrogen) atoms. The van der Waals surface area contributed by atoms with Gasteiger partial charge in [0.1, 0.15) is 5.75 Å². The molecule has 4 rings (SSSR count). The van der Waals surface area contributed by atoms with Gasteiger partial charge < -0.3 is 19.0 Å². The monoisotopic (exact) mass is 379 g/mol. The van der Waals surface area contributed by atoms with E-state index in [2.05, 4.69) is 10.5 Å². The number of hydrogen-bond donors (Lipinski definition) is 1. The molecule has 0 aliphatic carbocycles. The molecule has 1 N–H and O–H groups in total. The molecule has 8 heteroatoms. The Morgan fingerprint density at radius 3 is 2.89 bits per heavy atom. The molecule has 0 fully saturated rings. The van der Waals surface area contributed by atoms with Crippen molar-refractivity contribution >= 4 is 22.7 Å². The average molecular weight is 379 g/mol. The van der Waals surface area contributed by atoms with Crippen LogP contribution >= 0.6 is 0 Å². The van der Waals surface area contributed by atoms with Gasteiger partial charge in [0.25, 0.3) is 0 Å². The lowest BCUT2D eigenvalue weighted by Gasteiger charge is -2.03. The summed E-state index contributed by atoms with van der Waals surface area (Å²) >= 11 is 0. The minimum absolute atomic E-state index is 0.0459. The minimum Gasteiger partial charge on any atom is -0.497 e. The number of fused-ring (bicyclic) bond motifs is 1. The predicted octanol–water partition coefficient (Wildman–Crippen LogP) is 2.98. The summed E-state index contributed by atoms with van der Waals surface area (Å²) in [5.41, 5.74) is 2.91. The molecule has 2 aromatic heterocycles. The fourth-order valence-corrected chi connectivity index (χ4v) is 2.89. The number of carbonyl (C=O) groups excluding carboxylic acids is 1. The first-order valence-corrected chi connectivity index (χ1v) is 8.53. The molecule has 0 atom stereocenters. The summed E-state index contributed by atoms with van der Waals surface area (Å²) in [6.07, 6.45) is 0.0459. The second kappa shape index (κ2) is 7.07. The number of aromatic nitrogens is 2. The van der Waals surface area contributed by atoms with Crippen LogP contribution in [0, 0.1) is 0 Å². The van der Waals surface area contributed by atoms with Crippen molar-refractivity contribution in [2.75, 3.05) is 12.4 Å². The van der Waals surface area contributed by atoms with Crippen LogP contribution in [0.25, 0.3) is 22.4 Å². The lowest BCUT2D eigenvalue weighted by molar-refractivity contribution is -0.115. The number of methoxy groups -OCH3 is 1. The Morgan fingerprint density at radius 1 is 1.21 bits per heavy atom. The molecular weight excluding hydrogens is 362 g/mol. The van der Waals surface area contributed by atoms with Crippen LogP contribution in [0.3, 0.4) is 0 Å². The van der Waals surface area contributed by atoms with E-state index in [1.54, 1.807) is 38.4 Å². The summed E-state index contributed by atoms with van der Waals surface area (Å²) in [5.74, 6) is 0.541. The summed E-state index contributed by atoms with van der Waals surface area (Å²) in [7, 11) is 3.21. The van der Waals surface area contributed by atoms with E-state index in [-0.39, 0.29) is 12.3 Å². The van der Waals surface area contributed by atoms with E-state index in [0.717, 1.165) is 5.56 Å². The van der Waals surface area contributed by atoms with Gasteiger partial charge in [0.05, 0.1) is 24.7 Å². The van der Waals surface area contributed by atoms with Crippen LogP contribution in [-0.2, 0) is 18.3 Å². The average Bonchev–Trinajstić information content (AvgIpc) is 3.26. The van der Waals surface area contributed by atoms with Gasteiger partial charge in [0.15, 0.2) is 11.3 Å². The van der Waals surface area contributed by atoms with Gasteiger partial charge >= 0.3 is 5.76 Å². The van der Waals surface area contributed by atoms with E-state index in [1.165, 1.54) is 4.57 Å². The van der Waals surface area contributed by atoms with Crippen molar-refractivity contribution in [2.45, 2.75) is 6.42 Å². The van der Waals surface area contributed by atoms with Crippen molar-refractivity contribution < 1.29 is 18.5 Å². The quantitative estimate of drug-likeness (QED) is 0.572. The number of amides is 1. The number of aryl methyl sites for hydroxylation is 1. The SMILES string of the molecule is COc1cccc(-c2cc(CC(=O)Nc3ccc4c(c3)oc(=O)n4C)no2)c1. The van der Waals surface area contributed by atoms with Crippen LogP contribution in [0.4, 0.5) is 5.69 Å². The topological polar surface area (TPSA) is 99.5 Å². The van der Waals surface area contributed by atoms with Crippen molar-refractivity contribution in [3.05, 3.63) is 64.8 Å². The number of hydrogen-bond acceptors (Lipinski definition) is 6. The highest BCUT2D eigenvalue weighted by Gasteiger charge is 2.13. The summed E-state index contributed by atoms with van der Waals surface area (Å²) in [6.45, 7) is 0. The number of nitrogens with zero attached hydrogens (tertiary/aromatic N) is 2. The van der Waals surface area contributed by atoms with Crippen molar-refractivity contribution in [3.63, 3.8) is 0 Å². The molecule has 0 aliphatic rings. The lowest BCUT2D eigenvalue weighted by Crippen LogP contribution is -2.14. The normalized spacial score (nSPS) is 10.9. The van der Waals surface area contributed by atoms with Gasteiger partial charge in [-0.15, -0.1) is 0 Å². The number of anilines is 1. The van der Waals surface area contributed by atoms with Crippen LogP contribution in [-0.4, -0.2) is 22.7 Å². The fraction of sp³-hybridized carbons (Fsp3) is 0.150. The second-order valence-electron chi connectivity index (χ2n) is 6.25. The number of benzene rings is 2. The zero-order chi connectivity index (χ0) is 19.7. The predicted molar refractivity (Wildman–Crippen MR) is 102 cm³/mol. The molecule has 0 saturated heterocycles. The van der Waals surface area contributed by atoms with Crippen molar-refractivity contribution in [1.29, 1.82) is 0 Å². The molecule has 142 valence electrons. The van der Waals surface area contributed by atoms with Gasteiger partial charge in [0.2, 0.25) is 5.91 Å². The van der Waals surface area contributed by atoms with Gasteiger partial charge in [-0.2, -0.15) is 0 Å². The maximum atomic E-state index is 12.3. The molecule has 0 radical (unpaired) electrons. The summed E-state index contributed by atoms with van der Waals surface area (Å²) in [5, 5.41) is 6.72. The summed E-state index contributed by atoms with van der Waals surface area (Å²) in [6, 6.07) is 14.1. The third kappa shape index (κ3) is 3.39. The molecule has 1 amide bonds. The van der Waals surface area contributed by atoms with Crippen molar-refractivity contribution in [3.8, 4) is 17.1 Å². The van der Waals surface area contributed by atoms with Gasteiger partial charge in [-0.25, -0.2) is 4.79 Å². The van der Waals surface area contributed by atoms with Crippen LogP contribution in [0.15, 0.2) is 62.3 Å². The van der Waals surface area contributed by atoms with Crippen molar-refractivity contribution in [2.24, 2.45) is 7.05 Å². The second-order valence-corrected chi connectivity index (χ2v) is 6.25. The van der Waals surface area contributed by atoms with Gasteiger partial charge in [-0.3, -0.25) is 9.36 Å². The molecule has 8 nitrogen and oxygen atoms in total. The Bertz CT molecular complexity index is 1220. The molecule has 2 aromatic carbocycles. The third-order valence-electron chi connectivity index (χ3n) is 4.33. The van der Waals surface area contributed by atoms with Crippen LogP contribution in [0.2, 0.25) is 0 Å². The number of nitrogens with one attached hydrogen (secondary N) is 1. The van der Waals surface area contributed by atoms with Crippen LogP contribution in [0.1, 0.15) is 5.69 Å². The summed E-state index contributed by atoms with van der Waals surface area (Å²) < 4.78 is 17.1. The number of rotatable bonds is 5. The Labute approximate surface area is 159 Å². The Morgan fingerprint density at radius 2 is 2.07 bits per heavy atom. The lowest BCUT2D eigenvalue weighted by atomic mass is 10.1. The molecule has 2 heterocycles. The van der Waals surface area contributed by atoms with Crippen molar-refractivity contribution in [1.82, 2.24) is 9.72 Å². The number of ether oxygens (including phenoxy) is 1. The Balaban J connectivity index is 1.47. The van der Waals surface area contributed by atoms with E-state index < -0.39 is 5.76 Å². The number of oxazole rings is 1. The van der Waals surface area contributed by atoms with E-state index in [1.807, 2.05) is 24.3 Å². The third-order valence-corrected chi connectivity index (χ3v) is 4.33. The zero-order valence-electron chi connectivity index (χ0n) is 15.3. The minimum atomic E-state index is -0.453. The van der Waals surface area contributed by atoms with Gasteiger partial charge in [-0.05, 0) is 24.3 Å². The largest absolute Gasteiger partial charge is 0.497 e. The maximum absolute atomic E-state index is 12.3. The first-order valence-electron chi connectivity index (χ1n) is 8.53. The Hall–Kier alpha value is -3.81. The Kier molecular flexibility index (Phi) is 4.44. The van der Waals surface area contributed by atoms with E-state index in [9.17, 15) is 9.59 Å². The van der Waals surface area contributed by atoms with E-state index >= 15 is 0 Å². The van der Waals surface area contributed by atoms with E-state index in [4.69, 9.17) is 13.7 Å². The summed E-state index contributed by atoms with van der Waals surface area (Å²) in [4.78, 5) is 23.9. The maximum Gasteiger partial charge on any atom is 0.419 e. The molecule has 0 unspecified atom stereocenters. The number of carbonyl (C=O) groups is 1. The fourth-order valence-electron chi connectivity index (χ4n) is 2.89. The molecule has 0 saturated carbocycles. The first-order chi connectivity index (χ1) is 13.5. The first kappa shape index (κ1) is 17.6. The molecule has 0 bridgehead atoms. The van der Waals surface area contributed by atoms with Gasteiger partial charge in [-0.1, -0.05) is 17.3 Å². The smallest absolute Gasteiger partial charge is 0.419 e. The zero-order valence-corrected chi connectivity index (χ0v) is 15.3. The highest BCUT2D eigenvalue weighted by atomic mass is 16.5. The van der Waals surface area contributed by atoms with Crippen LogP contribution < -0.4 is 15.8 Å². The van der Waals surface area contributed by atoms with Crippen LogP contribution in [0.5, 0.6) is 5.75 Å². The van der Waals surface area contributed by atoms with E-state index in [0.29, 0.717) is 34.0 Å². The standard InChI is InChI=1S/C20H17N3O5/c1-23-16-7-6-13(9-18(16)27-20(23)25)21-19(24)11-14-10-17(28-22-14)12-4-3-5-15(8-12)26-2/h3-10H,11H2,1-2H3,(H,21,24). The molecular formula is C20H17N3O5. The highest BCUT2D eigenvalue weighted by molar-refractivity contribution is 5.93. The molecule has 0 spiro atoms. The molecule has 4 aromatic rings. The van der Waals surface area contributed by atoms with Gasteiger partial charge in [0, 0.05) is 30.4 Å².